The molecule has 2 atom stereocenters. The number of anilines is 2. The molecule has 3 aromatic rings. The van der Waals surface area contributed by atoms with Crippen LogP contribution in [0, 0.1) is 17.7 Å². The predicted molar refractivity (Wildman–Crippen MR) is 112 cm³/mol. The Kier molecular flexibility index (Phi) is 4.43. The fourth-order valence-corrected chi connectivity index (χ4v) is 4.82. The molecule has 30 heavy (non-hydrogen) atoms. The van der Waals surface area contributed by atoms with Gasteiger partial charge in [0.15, 0.2) is 5.13 Å². The van der Waals surface area contributed by atoms with E-state index in [0.717, 1.165) is 0 Å². The zero-order chi connectivity index (χ0) is 20.8. The van der Waals surface area contributed by atoms with Crippen LogP contribution in [0.3, 0.4) is 0 Å². The molecule has 2 unspecified atom stereocenters. The first-order valence-corrected chi connectivity index (χ1v) is 10.3. The van der Waals surface area contributed by atoms with E-state index in [1.54, 1.807) is 30.3 Å². The maximum absolute atomic E-state index is 13.3. The second kappa shape index (κ2) is 7.14. The maximum Gasteiger partial charge on any atom is 0.257 e. The average Bonchev–Trinajstić information content (AvgIpc) is 3.26. The normalized spacial score (nSPS) is 20.6. The van der Waals surface area contributed by atoms with Crippen LogP contribution in [0.15, 0.2) is 54.6 Å². The first-order chi connectivity index (χ1) is 14.5. The molecular weight excluding hydrogens is 405 g/mol. The molecule has 0 radical (unpaired) electrons. The van der Waals surface area contributed by atoms with Crippen LogP contribution in [0.1, 0.15) is 23.2 Å². The Hall–Kier alpha value is -3.39. The molecule has 1 aliphatic carbocycles. The van der Waals surface area contributed by atoms with Crippen molar-refractivity contribution in [2.75, 3.05) is 10.2 Å². The lowest BCUT2D eigenvalue weighted by Crippen LogP contribution is -2.30. The van der Waals surface area contributed by atoms with Crippen LogP contribution in [0.5, 0.6) is 0 Å². The van der Waals surface area contributed by atoms with Gasteiger partial charge >= 0.3 is 0 Å². The van der Waals surface area contributed by atoms with Gasteiger partial charge < -0.3 is 0 Å². The third-order valence-corrected chi connectivity index (χ3v) is 6.40. The zero-order valence-corrected chi connectivity index (χ0v) is 16.5. The van der Waals surface area contributed by atoms with Gasteiger partial charge in [-0.3, -0.25) is 24.6 Å². The van der Waals surface area contributed by atoms with Crippen molar-refractivity contribution in [3.63, 3.8) is 0 Å². The number of aromatic nitrogens is 1. The monoisotopic (exact) mass is 421 g/mol. The van der Waals surface area contributed by atoms with Gasteiger partial charge in [0.1, 0.15) is 5.82 Å². The molecule has 2 aromatic carbocycles. The lowest BCUT2D eigenvalue weighted by atomic mass is 9.85. The van der Waals surface area contributed by atoms with E-state index in [2.05, 4.69) is 10.3 Å². The van der Waals surface area contributed by atoms with E-state index in [4.69, 9.17) is 0 Å². The number of hydrogen-bond acceptors (Lipinski definition) is 5. The van der Waals surface area contributed by atoms with E-state index in [0.29, 0.717) is 39.4 Å². The third-order valence-electron chi connectivity index (χ3n) is 5.47. The number of benzene rings is 2. The highest BCUT2D eigenvalue weighted by molar-refractivity contribution is 7.22. The highest BCUT2D eigenvalue weighted by Crippen LogP contribution is 2.37. The maximum atomic E-state index is 13.3. The molecule has 3 amide bonds. The molecule has 1 aliphatic heterocycles. The van der Waals surface area contributed by atoms with E-state index < -0.39 is 0 Å². The summed E-state index contributed by atoms with van der Waals surface area (Å²) < 4.78 is 14.0. The van der Waals surface area contributed by atoms with Gasteiger partial charge in [0, 0.05) is 5.56 Å². The zero-order valence-electron chi connectivity index (χ0n) is 15.7. The molecule has 150 valence electrons. The number of thiazole rings is 1. The summed E-state index contributed by atoms with van der Waals surface area (Å²) in [6.45, 7) is 0. The van der Waals surface area contributed by atoms with Gasteiger partial charge in [-0.1, -0.05) is 23.5 Å². The summed E-state index contributed by atoms with van der Waals surface area (Å²) in [6, 6.07) is 10.6. The van der Waals surface area contributed by atoms with Gasteiger partial charge in [-0.15, -0.1) is 0 Å². The van der Waals surface area contributed by atoms with Crippen LogP contribution in [0.25, 0.3) is 10.2 Å². The van der Waals surface area contributed by atoms with Gasteiger partial charge in [-0.25, -0.2) is 9.37 Å². The van der Waals surface area contributed by atoms with Crippen molar-refractivity contribution < 1.29 is 18.8 Å². The summed E-state index contributed by atoms with van der Waals surface area (Å²) in [5, 5.41) is 3.07. The van der Waals surface area contributed by atoms with Crippen molar-refractivity contribution in [1.82, 2.24) is 4.98 Å². The molecular formula is C22H16FN3O3S. The van der Waals surface area contributed by atoms with E-state index in [1.165, 1.54) is 28.4 Å². The van der Waals surface area contributed by atoms with Gasteiger partial charge in [0.05, 0.1) is 27.7 Å². The van der Waals surface area contributed by atoms with Crippen LogP contribution in [-0.4, -0.2) is 22.7 Å². The van der Waals surface area contributed by atoms with Gasteiger partial charge in [-0.05, 0) is 55.3 Å². The Balaban J connectivity index is 1.33. The summed E-state index contributed by atoms with van der Waals surface area (Å²) in [5.74, 6) is -1.70. The molecule has 5 rings (SSSR count). The molecule has 1 N–H and O–H groups in total. The number of rotatable bonds is 3. The minimum absolute atomic E-state index is 0.187. The number of imide groups is 1. The molecule has 1 fully saturated rings. The fraction of sp³-hybridized carbons (Fsp3) is 0.182. The first kappa shape index (κ1) is 18.6. The SMILES string of the molecule is O=C(Nc1nc2ccc(F)cc2s1)c1ccc(N2C(=O)C3CC=CCC3C2=O)cc1. The molecule has 1 saturated heterocycles. The predicted octanol–water partition coefficient (Wildman–Crippen LogP) is 4.14. The smallest absolute Gasteiger partial charge is 0.257 e. The van der Waals surface area contributed by atoms with Crippen molar-refractivity contribution >= 4 is 50.1 Å². The number of halogens is 1. The second-order valence-corrected chi connectivity index (χ2v) is 8.33. The standard InChI is InChI=1S/C22H16FN3O3S/c23-13-7-10-17-18(11-13)30-22(24-17)25-19(27)12-5-8-14(9-6-12)26-20(28)15-3-1-2-4-16(15)21(26)29/h1-2,5-11,15-16H,3-4H2,(H,24,25,27). The van der Waals surface area contributed by atoms with Gasteiger partial charge in [0.2, 0.25) is 11.8 Å². The van der Waals surface area contributed by atoms with Crippen molar-refractivity contribution in [1.29, 1.82) is 0 Å². The number of carbonyl (C=O) groups excluding carboxylic acids is 3. The molecule has 8 heteroatoms. The lowest BCUT2D eigenvalue weighted by molar-refractivity contribution is -0.122. The van der Waals surface area contributed by atoms with Crippen molar-refractivity contribution in [3.05, 3.63) is 66.0 Å². The minimum atomic E-state index is -0.377. The number of carbonyl (C=O) groups is 3. The van der Waals surface area contributed by atoms with Gasteiger partial charge in [-0.2, -0.15) is 0 Å². The Morgan fingerprint density at radius 2 is 1.70 bits per heavy atom. The van der Waals surface area contributed by atoms with Crippen molar-refractivity contribution in [3.8, 4) is 0 Å². The lowest BCUT2D eigenvalue weighted by Gasteiger charge is -2.15. The number of allylic oxidation sites excluding steroid dienone is 2. The molecule has 6 nitrogen and oxygen atoms in total. The summed E-state index contributed by atoms with van der Waals surface area (Å²) in [7, 11) is 0. The van der Waals surface area contributed by atoms with Crippen LogP contribution < -0.4 is 10.2 Å². The highest BCUT2D eigenvalue weighted by atomic mass is 32.1. The summed E-state index contributed by atoms with van der Waals surface area (Å²) in [4.78, 5) is 43.4. The van der Waals surface area contributed by atoms with Crippen molar-refractivity contribution in [2.24, 2.45) is 11.8 Å². The Morgan fingerprint density at radius 1 is 1.03 bits per heavy atom. The number of nitrogens with zero attached hydrogens (tertiary/aromatic N) is 2. The van der Waals surface area contributed by atoms with Gasteiger partial charge in [0.25, 0.3) is 5.91 Å². The van der Waals surface area contributed by atoms with Crippen molar-refractivity contribution in [2.45, 2.75) is 12.8 Å². The summed E-state index contributed by atoms with van der Waals surface area (Å²) in [5.41, 5.74) is 1.43. The molecule has 0 saturated carbocycles. The molecule has 2 aliphatic rings. The molecule has 0 bridgehead atoms. The average molecular weight is 421 g/mol. The summed E-state index contributed by atoms with van der Waals surface area (Å²) in [6.07, 6.45) is 5.05. The number of fused-ring (bicyclic) bond motifs is 2. The number of amides is 3. The third kappa shape index (κ3) is 3.09. The topological polar surface area (TPSA) is 79.4 Å². The molecule has 2 heterocycles. The minimum Gasteiger partial charge on any atom is -0.298 e. The second-order valence-electron chi connectivity index (χ2n) is 7.30. The van der Waals surface area contributed by atoms with E-state index in [9.17, 15) is 18.8 Å². The van der Waals surface area contributed by atoms with Crippen LogP contribution in [0.4, 0.5) is 15.2 Å². The number of nitrogens with one attached hydrogen (secondary N) is 1. The number of hydrogen-bond donors (Lipinski definition) is 1. The van der Waals surface area contributed by atoms with E-state index >= 15 is 0 Å². The fourth-order valence-electron chi connectivity index (χ4n) is 3.94. The summed E-state index contributed by atoms with van der Waals surface area (Å²) >= 11 is 1.18. The Morgan fingerprint density at radius 3 is 2.37 bits per heavy atom. The van der Waals surface area contributed by atoms with Crippen LogP contribution in [-0.2, 0) is 9.59 Å². The quantitative estimate of drug-likeness (QED) is 0.509. The van der Waals surface area contributed by atoms with Crippen LogP contribution in [0.2, 0.25) is 0 Å². The largest absolute Gasteiger partial charge is 0.298 e. The Bertz CT molecular complexity index is 1190. The van der Waals surface area contributed by atoms with Crippen LogP contribution >= 0.6 is 11.3 Å². The highest BCUT2D eigenvalue weighted by Gasteiger charge is 2.47. The first-order valence-electron chi connectivity index (χ1n) is 9.51. The van der Waals surface area contributed by atoms with E-state index in [-0.39, 0.29) is 35.4 Å². The van der Waals surface area contributed by atoms with E-state index in [1.807, 2.05) is 12.2 Å². The molecule has 0 spiro atoms. The molecule has 1 aromatic heterocycles. The Labute approximate surface area is 175 Å².